The molecule has 0 aliphatic rings. The molecule has 1 heterocycles. The number of hydrogen-bond acceptors (Lipinski definition) is 8. The van der Waals surface area contributed by atoms with E-state index in [1.54, 1.807) is 24.3 Å². The summed E-state index contributed by atoms with van der Waals surface area (Å²) in [6.07, 6.45) is 2.60. The summed E-state index contributed by atoms with van der Waals surface area (Å²) in [7, 11) is 0. The molecule has 0 bridgehead atoms. The lowest BCUT2D eigenvalue weighted by Gasteiger charge is -2.24. The van der Waals surface area contributed by atoms with Crippen molar-refractivity contribution in [3.05, 3.63) is 54.1 Å². The van der Waals surface area contributed by atoms with Gasteiger partial charge in [0.15, 0.2) is 0 Å². The van der Waals surface area contributed by atoms with Crippen LogP contribution in [0.1, 0.15) is 24.1 Å². The average Bonchev–Trinajstić information content (AvgIpc) is 3.37. The third kappa shape index (κ3) is 9.93. The fourth-order valence-corrected chi connectivity index (χ4v) is 3.61. The zero-order chi connectivity index (χ0) is 27.4. The number of H-pyrrole nitrogens is 1. The van der Waals surface area contributed by atoms with Crippen LogP contribution in [0.15, 0.2) is 42.9 Å². The second-order valence-electron chi connectivity index (χ2n) is 8.29. The number of primary amides is 1. The summed E-state index contributed by atoms with van der Waals surface area (Å²) in [5, 5.41) is 16.8. The molecule has 2 rings (SSSR count). The third-order valence-corrected chi connectivity index (χ3v) is 5.72. The maximum absolute atomic E-state index is 13.0. The molecule has 4 unspecified atom stereocenters. The van der Waals surface area contributed by atoms with Gasteiger partial charge in [0, 0.05) is 30.5 Å². The predicted octanol–water partition coefficient (Wildman–Crippen LogP) is -1.74. The normalized spacial score (nSPS) is 14.0. The van der Waals surface area contributed by atoms with Crippen LogP contribution in [0, 0.1) is 0 Å². The molecule has 9 N–H and O–H groups in total. The lowest BCUT2D eigenvalue weighted by atomic mass is 10.0. The molecule has 0 fully saturated rings. The van der Waals surface area contributed by atoms with Gasteiger partial charge >= 0.3 is 5.97 Å². The SMILES string of the molecule is NC(=O)CCC(NC(=O)C(N)Cc1ccccc1)C(=O)NC(CS)C(=O)NC(Cc1cnc[nH]1)C(=O)O. The Bertz CT molecular complexity index is 1070. The summed E-state index contributed by atoms with van der Waals surface area (Å²) < 4.78 is 0. The highest BCUT2D eigenvalue weighted by molar-refractivity contribution is 7.80. The summed E-state index contributed by atoms with van der Waals surface area (Å²) in [6.45, 7) is 0. The molecule has 4 atom stereocenters. The van der Waals surface area contributed by atoms with Crippen molar-refractivity contribution in [2.75, 3.05) is 5.75 Å². The van der Waals surface area contributed by atoms with Crippen molar-refractivity contribution in [1.29, 1.82) is 0 Å². The average molecular weight is 534 g/mol. The highest BCUT2D eigenvalue weighted by atomic mass is 32.1. The van der Waals surface area contributed by atoms with Crippen LogP contribution < -0.4 is 27.4 Å². The number of benzene rings is 1. The third-order valence-electron chi connectivity index (χ3n) is 5.36. The number of thiol groups is 1. The molecule has 0 saturated heterocycles. The molecule has 4 amide bonds. The van der Waals surface area contributed by atoms with E-state index >= 15 is 0 Å². The van der Waals surface area contributed by atoms with E-state index in [2.05, 4.69) is 38.5 Å². The van der Waals surface area contributed by atoms with E-state index in [4.69, 9.17) is 11.5 Å². The minimum absolute atomic E-state index is 0.0646. The first-order valence-electron chi connectivity index (χ1n) is 11.4. The summed E-state index contributed by atoms with van der Waals surface area (Å²) in [4.78, 5) is 67.8. The second kappa shape index (κ2) is 14.6. The van der Waals surface area contributed by atoms with Crippen LogP contribution in [0.5, 0.6) is 0 Å². The number of rotatable bonds is 15. The minimum atomic E-state index is -1.30. The minimum Gasteiger partial charge on any atom is -0.480 e. The molecule has 200 valence electrons. The van der Waals surface area contributed by atoms with Crippen molar-refractivity contribution in [2.24, 2.45) is 11.5 Å². The van der Waals surface area contributed by atoms with Gasteiger partial charge in [-0.3, -0.25) is 19.2 Å². The number of aromatic nitrogens is 2. The fourth-order valence-electron chi connectivity index (χ4n) is 3.35. The first-order chi connectivity index (χ1) is 17.6. The zero-order valence-corrected chi connectivity index (χ0v) is 20.8. The molecular formula is C23H31N7O6S. The molecule has 0 saturated carbocycles. The number of nitrogens with zero attached hydrogens (tertiary/aromatic N) is 1. The number of nitrogens with two attached hydrogens (primary N) is 2. The van der Waals surface area contributed by atoms with Gasteiger partial charge in [0.25, 0.3) is 0 Å². The largest absolute Gasteiger partial charge is 0.480 e. The maximum atomic E-state index is 13.0. The summed E-state index contributed by atoms with van der Waals surface area (Å²) in [5.74, 6) is -4.35. The molecule has 0 aliphatic carbocycles. The van der Waals surface area contributed by atoms with Crippen molar-refractivity contribution >= 4 is 42.2 Å². The van der Waals surface area contributed by atoms with Gasteiger partial charge in [-0.1, -0.05) is 30.3 Å². The molecule has 0 aliphatic heterocycles. The first kappa shape index (κ1) is 29.3. The van der Waals surface area contributed by atoms with Crippen molar-refractivity contribution in [2.45, 2.75) is 49.9 Å². The number of nitrogens with one attached hydrogen (secondary N) is 4. The Balaban J connectivity index is 2.04. The van der Waals surface area contributed by atoms with Crippen LogP contribution in [0.25, 0.3) is 0 Å². The van der Waals surface area contributed by atoms with Crippen molar-refractivity contribution in [3.63, 3.8) is 0 Å². The number of carboxylic acids is 1. The van der Waals surface area contributed by atoms with Gasteiger partial charge in [-0.2, -0.15) is 12.6 Å². The fraction of sp³-hybridized carbons (Fsp3) is 0.391. The summed E-state index contributed by atoms with van der Waals surface area (Å²) in [6, 6.07) is 4.30. The summed E-state index contributed by atoms with van der Waals surface area (Å²) >= 11 is 4.08. The van der Waals surface area contributed by atoms with E-state index in [1.807, 2.05) is 6.07 Å². The Labute approximate surface area is 218 Å². The number of amides is 4. The van der Waals surface area contributed by atoms with Crippen LogP contribution in [0.4, 0.5) is 0 Å². The van der Waals surface area contributed by atoms with E-state index in [0.29, 0.717) is 5.69 Å². The second-order valence-corrected chi connectivity index (χ2v) is 8.65. The monoisotopic (exact) mass is 533 g/mol. The highest BCUT2D eigenvalue weighted by Gasteiger charge is 2.30. The lowest BCUT2D eigenvalue weighted by Crippen LogP contribution is -2.58. The van der Waals surface area contributed by atoms with E-state index in [1.165, 1.54) is 12.5 Å². The highest BCUT2D eigenvalue weighted by Crippen LogP contribution is 2.05. The van der Waals surface area contributed by atoms with Crippen LogP contribution in [0.3, 0.4) is 0 Å². The summed E-state index contributed by atoms with van der Waals surface area (Å²) in [5.41, 5.74) is 12.5. The van der Waals surface area contributed by atoms with Crippen molar-refractivity contribution in [3.8, 4) is 0 Å². The van der Waals surface area contributed by atoms with Gasteiger partial charge in [0.1, 0.15) is 18.1 Å². The van der Waals surface area contributed by atoms with E-state index in [-0.39, 0.29) is 31.4 Å². The van der Waals surface area contributed by atoms with Crippen LogP contribution in [-0.4, -0.2) is 74.6 Å². The van der Waals surface area contributed by atoms with Gasteiger partial charge in [-0.15, -0.1) is 0 Å². The maximum Gasteiger partial charge on any atom is 0.326 e. The Kier molecular flexibility index (Phi) is 11.6. The predicted molar refractivity (Wildman–Crippen MR) is 136 cm³/mol. The molecule has 0 spiro atoms. The van der Waals surface area contributed by atoms with Crippen molar-refractivity contribution < 1.29 is 29.1 Å². The number of carboxylic acid groups (broad SMARTS) is 1. The number of aromatic amines is 1. The first-order valence-corrected chi connectivity index (χ1v) is 12.0. The standard InChI is InChI=1S/C23H31N7O6S/c24-15(8-13-4-2-1-3-5-13)20(32)28-16(6-7-19(25)31)21(33)30-18(11-37)22(34)29-17(23(35)36)9-14-10-26-12-27-14/h1-5,10,12,15-18,37H,6-9,11,24H2,(H2,25,31)(H,26,27)(H,28,32)(H,29,34)(H,30,33)(H,35,36). The van der Waals surface area contributed by atoms with E-state index in [0.717, 1.165) is 5.56 Å². The molecule has 1 aromatic carbocycles. The number of imidazole rings is 1. The number of aliphatic carboxylic acids is 1. The molecule has 1 aromatic heterocycles. The quantitative estimate of drug-likeness (QED) is 0.122. The lowest BCUT2D eigenvalue weighted by molar-refractivity contribution is -0.142. The van der Waals surface area contributed by atoms with Crippen LogP contribution >= 0.6 is 12.6 Å². The molecule has 37 heavy (non-hydrogen) atoms. The topological polar surface area (TPSA) is 222 Å². The molecule has 2 aromatic rings. The Morgan fingerprint density at radius 1 is 0.946 bits per heavy atom. The van der Waals surface area contributed by atoms with Gasteiger partial charge in [-0.25, -0.2) is 9.78 Å². The number of carbonyl (C=O) groups excluding carboxylic acids is 4. The van der Waals surface area contributed by atoms with Gasteiger partial charge < -0.3 is 37.5 Å². The number of carbonyl (C=O) groups is 5. The zero-order valence-electron chi connectivity index (χ0n) is 19.9. The van der Waals surface area contributed by atoms with Gasteiger partial charge in [-0.05, 0) is 18.4 Å². The Morgan fingerprint density at radius 2 is 1.57 bits per heavy atom. The Hall–Kier alpha value is -3.91. The molecule has 14 heteroatoms. The molecular weight excluding hydrogens is 502 g/mol. The molecule has 13 nitrogen and oxygen atoms in total. The van der Waals surface area contributed by atoms with Crippen LogP contribution in [-0.2, 0) is 36.8 Å². The van der Waals surface area contributed by atoms with Gasteiger partial charge in [0.2, 0.25) is 23.6 Å². The Morgan fingerprint density at radius 3 is 2.14 bits per heavy atom. The number of hydrogen-bond donors (Lipinski definition) is 8. The van der Waals surface area contributed by atoms with E-state index in [9.17, 15) is 29.1 Å². The van der Waals surface area contributed by atoms with Gasteiger partial charge in [0.05, 0.1) is 12.4 Å². The smallest absolute Gasteiger partial charge is 0.326 e. The van der Waals surface area contributed by atoms with Crippen LogP contribution in [0.2, 0.25) is 0 Å². The van der Waals surface area contributed by atoms with Crippen molar-refractivity contribution in [1.82, 2.24) is 25.9 Å². The van der Waals surface area contributed by atoms with E-state index < -0.39 is 53.8 Å². The molecule has 0 radical (unpaired) electrons.